The summed E-state index contributed by atoms with van der Waals surface area (Å²) in [4.78, 5) is 21.3. The van der Waals surface area contributed by atoms with Gasteiger partial charge < -0.3 is 9.53 Å². The summed E-state index contributed by atoms with van der Waals surface area (Å²) in [5.41, 5.74) is 4.77. The van der Waals surface area contributed by atoms with Gasteiger partial charge in [0.2, 0.25) is 0 Å². The van der Waals surface area contributed by atoms with E-state index in [1.54, 1.807) is 24.7 Å². The molecule has 7 nitrogen and oxygen atoms in total. The summed E-state index contributed by atoms with van der Waals surface area (Å²) in [5.74, 6) is -1.04. The maximum atomic E-state index is 11.8. The number of fused-ring (bicyclic) bond motifs is 1. The topological polar surface area (TPSA) is 90.1 Å². The summed E-state index contributed by atoms with van der Waals surface area (Å²) in [7, 11) is -2.89. The van der Waals surface area contributed by atoms with Gasteiger partial charge in [-0.15, -0.1) is 0 Å². The van der Waals surface area contributed by atoms with Crippen LogP contribution in [0.25, 0.3) is 28.2 Å². The Kier molecular flexibility index (Phi) is 8.20. The lowest BCUT2D eigenvalue weighted by atomic mass is 9.96. The van der Waals surface area contributed by atoms with E-state index in [2.05, 4.69) is 85.5 Å². The Morgan fingerprint density at radius 2 is 1.64 bits per heavy atom. The fraction of sp³-hybridized carbons (Fsp3) is 0.235. The zero-order chi connectivity index (χ0) is 29.9. The molecule has 5 aromatic rings. The van der Waals surface area contributed by atoms with E-state index in [-0.39, 0.29) is 11.6 Å². The number of benzene rings is 2. The minimum absolute atomic E-state index is 0.184. The minimum Gasteiger partial charge on any atom is -0.478 e. The summed E-state index contributed by atoms with van der Waals surface area (Å²) in [6.45, 7) is 11.5. The van der Waals surface area contributed by atoms with Gasteiger partial charge in [-0.25, -0.2) is 14.5 Å². The number of aryl methyl sites for hydroxylation is 2. The number of rotatable bonds is 9. The molecule has 3 aromatic heterocycles. The van der Waals surface area contributed by atoms with E-state index in [9.17, 15) is 9.90 Å². The van der Waals surface area contributed by atoms with Crippen LogP contribution in [0.5, 0.6) is 0 Å². The van der Waals surface area contributed by atoms with Crippen LogP contribution in [0.2, 0.25) is 5.04 Å². The molecule has 3 heterocycles. The average Bonchev–Trinajstić information content (AvgIpc) is 3.39. The van der Waals surface area contributed by atoms with E-state index in [0.29, 0.717) is 17.8 Å². The van der Waals surface area contributed by atoms with Crippen LogP contribution in [-0.2, 0) is 22.4 Å². The van der Waals surface area contributed by atoms with Crippen molar-refractivity contribution in [2.75, 3.05) is 0 Å². The molecule has 8 heteroatoms. The van der Waals surface area contributed by atoms with Gasteiger partial charge in [0.25, 0.3) is 8.32 Å². The van der Waals surface area contributed by atoms with E-state index in [1.807, 2.05) is 30.7 Å². The van der Waals surface area contributed by atoms with Crippen molar-refractivity contribution in [2.45, 2.75) is 52.8 Å². The molecule has 214 valence electrons. The van der Waals surface area contributed by atoms with Gasteiger partial charge in [-0.05, 0) is 47.0 Å². The van der Waals surface area contributed by atoms with Crippen LogP contribution < -0.4 is 10.4 Å². The number of carbonyl (C=O) groups is 1. The number of hydrogen-bond acceptors (Lipinski definition) is 5. The summed E-state index contributed by atoms with van der Waals surface area (Å²) < 4.78 is 9.12. The molecule has 0 saturated carbocycles. The van der Waals surface area contributed by atoms with Gasteiger partial charge in [0, 0.05) is 47.1 Å². The third-order valence-electron chi connectivity index (χ3n) is 7.60. The first-order valence-electron chi connectivity index (χ1n) is 14.1. The Labute approximate surface area is 247 Å². The largest absolute Gasteiger partial charge is 0.478 e. The molecule has 0 radical (unpaired) electrons. The fourth-order valence-corrected chi connectivity index (χ4v) is 10.3. The van der Waals surface area contributed by atoms with Crippen LogP contribution in [0.3, 0.4) is 0 Å². The highest BCUT2D eigenvalue weighted by molar-refractivity contribution is 6.99. The second kappa shape index (κ2) is 11.8. The lowest BCUT2D eigenvalue weighted by Gasteiger charge is -2.43. The van der Waals surface area contributed by atoms with Crippen LogP contribution in [-0.4, -0.2) is 39.1 Å². The Bertz CT molecular complexity index is 1700. The summed E-state index contributed by atoms with van der Waals surface area (Å²) in [5, 5.41) is 17.2. The first-order valence-corrected chi connectivity index (χ1v) is 16.0. The zero-order valence-corrected chi connectivity index (χ0v) is 25.7. The quantitative estimate of drug-likeness (QED) is 0.171. The van der Waals surface area contributed by atoms with E-state index >= 15 is 0 Å². The molecule has 42 heavy (non-hydrogen) atoms. The van der Waals surface area contributed by atoms with Crippen molar-refractivity contribution in [3.05, 3.63) is 108 Å². The second-order valence-corrected chi connectivity index (χ2v) is 15.7. The molecule has 0 amide bonds. The molecule has 1 N–H and O–H groups in total. The molecule has 2 aromatic carbocycles. The first-order chi connectivity index (χ1) is 20.2. The van der Waals surface area contributed by atoms with E-state index < -0.39 is 14.3 Å². The molecule has 0 spiro atoms. The molecular weight excluding hydrogens is 540 g/mol. The zero-order valence-electron chi connectivity index (χ0n) is 24.7. The third kappa shape index (κ3) is 5.43. The number of aromatic nitrogens is 4. The number of carboxylic acids is 1. The van der Waals surface area contributed by atoms with Crippen LogP contribution in [0.1, 0.15) is 44.5 Å². The van der Waals surface area contributed by atoms with Crippen LogP contribution in [0.4, 0.5) is 0 Å². The van der Waals surface area contributed by atoms with Crippen molar-refractivity contribution in [2.24, 2.45) is 0 Å². The average molecular weight is 577 g/mol. The molecule has 0 saturated heterocycles. The molecule has 0 aliphatic rings. The molecule has 0 aliphatic carbocycles. The van der Waals surface area contributed by atoms with Crippen molar-refractivity contribution in [3.8, 4) is 11.1 Å². The monoisotopic (exact) mass is 576 g/mol. The Hall–Kier alpha value is -4.40. The van der Waals surface area contributed by atoms with Gasteiger partial charge in [0.1, 0.15) is 0 Å². The van der Waals surface area contributed by atoms with Crippen molar-refractivity contribution in [1.29, 1.82) is 0 Å². The second-order valence-electron chi connectivity index (χ2n) is 11.4. The fourth-order valence-electron chi connectivity index (χ4n) is 5.77. The number of hydrogen-bond donors (Lipinski definition) is 1. The van der Waals surface area contributed by atoms with Crippen molar-refractivity contribution in [1.82, 2.24) is 19.7 Å². The minimum atomic E-state index is -2.89. The number of carboxylic acid groups (broad SMARTS) is 1. The highest BCUT2D eigenvalue weighted by atomic mass is 28.4. The molecule has 0 unspecified atom stereocenters. The SMILES string of the molecule is CCn1ncc2c(-c3cncc(C)c3)c(C=CC(=O)O)c(CO[Si](c3ccccc3)(c3ccccc3)C(C)(C)C)nc21. The van der Waals surface area contributed by atoms with Gasteiger partial charge in [0.15, 0.2) is 5.65 Å². The Balaban J connectivity index is 1.77. The van der Waals surface area contributed by atoms with Gasteiger partial charge in [-0.2, -0.15) is 5.10 Å². The normalized spacial score (nSPS) is 12.3. The number of nitrogens with zero attached hydrogens (tertiary/aromatic N) is 4. The van der Waals surface area contributed by atoms with E-state index in [1.165, 1.54) is 0 Å². The van der Waals surface area contributed by atoms with E-state index in [4.69, 9.17) is 9.41 Å². The molecule has 0 aliphatic heterocycles. The summed E-state index contributed by atoms with van der Waals surface area (Å²) in [6, 6.07) is 23.0. The first kappa shape index (κ1) is 29.1. The summed E-state index contributed by atoms with van der Waals surface area (Å²) in [6.07, 6.45) is 8.19. The Morgan fingerprint density at radius 1 is 1.00 bits per heavy atom. The molecule has 0 bridgehead atoms. The maximum Gasteiger partial charge on any atom is 0.328 e. The van der Waals surface area contributed by atoms with Crippen molar-refractivity contribution < 1.29 is 14.3 Å². The smallest absolute Gasteiger partial charge is 0.328 e. The van der Waals surface area contributed by atoms with Gasteiger partial charge in [0.05, 0.1) is 18.5 Å². The lowest BCUT2D eigenvalue weighted by molar-refractivity contribution is -0.131. The highest BCUT2D eigenvalue weighted by Crippen LogP contribution is 2.39. The standard InChI is InChI=1S/C34H36N4O3Si/c1-6-38-33-29(22-36-38)32(25-19-24(2)20-35-21-25)28(17-18-31(39)40)30(37-33)23-41-42(34(3,4)5,26-13-9-7-10-14-26)27-15-11-8-12-16-27/h7-22H,6,23H2,1-5H3,(H,39,40). The van der Waals surface area contributed by atoms with Crippen LogP contribution in [0, 0.1) is 6.92 Å². The van der Waals surface area contributed by atoms with Gasteiger partial charge in [-0.1, -0.05) is 81.4 Å². The predicted molar refractivity (Wildman–Crippen MR) is 170 cm³/mol. The van der Waals surface area contributed by atoms with Crippen molar-refractivity contribution in [3.63, 3.8) is 0 Å². The Morgan fingerprint density at radius 3 is 2.19 bits per heavy atom. The molecule has 0 fully saturated rings. The predicted octanol–water partition coefficient (Wildman–Crippen LogP) is 6.00. The summed E-state index contributed by atoms with van der Waals surface area (Å²) >= 11 is 0. The highest BCUT2D eigenvalue weighted by Gasteiger charge is 2.50. The van der Waals surface area contributed by atoms with Gasteiger partial charge >= 0.3 is 5.97 Å². The van der Waals surface area contributed by atoms with E-state index in [0.717, 1.165) is 44.2 Å². The molecule has 0 atom stereocenters. The van der Waals surface area contributed by atoms with Gasteiger partial charge in [-0.3, -0.25) is 4.98 Å². The molecule has 5 rings (SSSR count). The van der Waals surface area contributed by atoms with Crippen molar-refractivity contribution >= 4 is 41.8 Å². The maximum absolute atomic E-state index is 11.8. The molecular formula is C34H36N4O3Si. The van der Waals surface area contributed by atoms with Crippen LogP contribution in [0.15, 0.2) is 91.4 Å². The number of pyridine rings is 2. The van der Waals surface area contributed by atoms with Crippen LogP contribution >= 0.6 is 0 Å². The third-order valence-corrected chi connectivity index (χ3v) is 12.6. The lowest BCUT2D eigenvalue weighted by Crippen LogP contribution is -2.66. The number of aliphatic carboxylic acids is 1.